The number of ether oxygens (including phenoxy) is 1. The van der Waals surface area contributed by atoms with E-state index in [1.807, 2.05) is 48.5 Å². The van der Waals surface area contributed by atoms with Gasteiger partial charge in [-0.1, -0.05) is 36.4 Å². The van der Waals surface area contributed by atoms with Gasteiger partial charge in [0.2, 0.25) is 0 Å². The first-order chi connectivity index (χ1) is 9.72. The molecule has 0 radical (unpaired) electrons. The highest BCUT2D eigenvalue weighted by Crippen LogP contribution is 2.22. The molecule has 0 aliphatic rings. The van der Waals surface area contributed by atoms with Crippen molar-refractivity contribution >= 4 is 5.91 Å². The molecule has 4 nitrogen and oxygen atoms in total. The summed E-state index contributed by atoms with van der Waals surface area (Å²) in [6, 6.07) is 15.7. The fraction of sp³-hybridized carbons (Fsp3) is 0.188. The summed E-state index contributed by atoms with van der Waals surface area (Å²) >= 11 is 0. The minimum atomic E-state index is -0.607. The van der Waals surface area contributed by atoms with Crippen LogP contribution in [-0.4, -0.2) is 13.0 Å². The molecule has 0 saturated carbocycles. The van der Waals surface area contributed by atoms with Crippen LogP contribution >= 0.6 is 0 Å². The average molecular weight is 269 g/mol. The third-order valence-corrected chi connectivity index (χ3v) is 3.11. The quantitative estimate of drug-likeness (QED) is 0.779. The second-order valence-corrected chi connectivity index (χ2v) is 4.41. The zero-order chi connectivity index (χ0) is 14.4. The third-order valence-electron chi connectivity index (χ3n) is 3.11. The van der Waals surface area contributed by atoms with E-state index in [0.717, 1.165) is 22.4 Å². The second kappa shape index (κ2) is 6.61. The Morgan fingerprint density at radius 3 is 2.05 bits per heavy atom. The Morgan fingerprint density at radius 1 is 1.00 bits per heavy atom. The number of aryl methyl sites for hydroxylation is 1. The van der Waals surface area contributed by atoms with E-state index in [-0.39, 0.29) is 6.42 Å². The number of amides is 1. The van der Waals surface area contributed by atoms with E-state index in [1.54, 1.807) is 7.11 Å². The number of nitroso groups, excluding NO2 is 1. The molecule has 0 saturated heterocycles. The van der Waals surface area contributed by atoms with Crippen LogP contribution in [0.1, 0.15) is 12.0 Å². The standard InChI is InChI=1S/C16H15NO3/c1-20-15-9-7-14(8-10-15)13-5-2-12(3-6-13)4-11-16(18)17-19/h2-3,5-10H,4,11H2,1H3. The summed E-state index contributed by atoms with van der Waals surface area (Å²) < 4.78 is 5.12. The van der Waals surface area contributed by atoms with Crippen molar-refractivity contribution in [1.82, 2.24) is 0 Å². The summed E-state index contributed by atoms with van der Waals surface area (Å²) in [5.41, 5.74) is 3.21. The highest BCUT2D eigenvalue weighted by atomic mass is 16.5. The molecule has 0 aromatic heterocycles. The van der Waals surface area contributed by atoms with Crippen LogP contribution in [0.2, 0.25) is 0 Å². The number of rotatable bonds is 5. The topological polar surface area (TPSA) is 55.7 Å². The second-order valence-electron chi connectivity index (χ2n) is 4.41. The molecule has 2 rings (SSSR count). The van der Waals surface area contributed by atoms with Gasteiger partial charge in [-0.2, -0.15) is 0 Å². The van der Waals surface area contributed by atoms with Gasteiger partial charge in [-0.3, -0.25) is 4.79 Å². The van der Waals surface area contributed by atoms with Crippen LogP contribution in [-0.2, 0) is 11.2 Å². The minimum Gasteiger partial charge on any atom is -0.497 e. The number of carbonyl (C=O) groups excluding carboxylic acids is 1. The van der Waals surface area contributed by atoms with Crippen LogP contribution in [0.3, 0.4) is 0 Å². The summed E-state index contributed by atoms with van der Waals surface area (Å²) in [4.78, 5) is 20.9. The molecule has 1 amide bonds. The van der Waals surface area contributed by atoms with Gasteiger partial charge in [0.05, 0.1) is 7.11 Å². The summed E-state index contributed by atoms with van der Waals surface area (Å²) in [5.74, 6) is 0.217. The van der Waals surface area contributed by atoms with Gasteiger partial charge in [-0.25, -0.2) is 0 Å². The van der Waals surface area contributed by atoms with Crippen molar-refractivity contribution in [3.05, 3.63) is 59.0 Å². The Labute approximate surface area is 117 Å². The molecule has 0 spiro atoms. The third kappa shape index (κ3) is 3.51. The molecule has 0 fully saturated rings. The van der Waals surface area contributed by atoms with E-state index >= 15 is 0 Å². The van der Waals surface area contributed by atoms with Crippen LogP contribution in [0.5, 0.6) is 5.75 Å². The molecule has 0 unspecified atom stereocenters. The fourth-order valence-corrected chi connectivity index (χ4v) is 1.94. The lowest BCUT2D eigenvalue weighted by molar-refractivity contribution is -0.117. The monoisotopic (exact) mass is 269 g/mol. The maximum absolute atomic E-state index is 10.8. The molecule has 0 atom stereocenters. The lowest BCUT2D eigenvalue weighted by Gasteiger charge is -2.05. The number of carbonyl (C=O) groups is 1. The number of nitrogens with zero attached hydrogens (tertiary/aromatic N) is 1. The van der Waals surface area contributed by atoms with Gasteiger partial charge >= 0.3 is 0 Å². The van der Waals surface area contributed by atoms with Crippen molar-refractivity contribution in [3.8, 4) is 16.9 Å². The van der Waals surface area contributed by atoms with Crippen molar-refractivity contribution in [2.75, 3.05) is 7.11 Å². The summed E-state index contributed by atoms with van der Waals surface area (Å²) in [7, 11) is 1.64. The van der Waals surface area contributed by atoms with E-state index in [0.29, 0.717) is 6.42 Å². The van der Waals surface area contributed by atoms with Crippen LogP contribution < -0.4 is 4.74 Å². The zero-order valence-corrected chi connectivity index (χ0v) is 11.2. The Hall–Kier alpha value is -2.49. The number of benzene rings is 2. The summed E-state index contributed by atoms with van der Waals surface area (Å²) in [5, 5.41) is 2.38. The smallest absolute Gasteiger partial charge is 0.286 e. The van der Waals surface area contributed by atoms with Crippen molar-refractivity contribution in [3.63, 3.8) is 0 Å². The SMILES string of the molecule is COc1ccc(-c2ccc(CCC(=O)N=O)cc2)cc1. The van der Waals surface area contributed by atoms with Crippen molar-refractivity contribution in [2.24, 2.45) is 5.18 Å². The fourth-order valence-electron chi connectivity index (χ4n) is 1.94. The van der Waals surface area contributed by atoms with Crippen molar-refractivity contribution in [2.45, 2.75) is 12.8 Å². The highest BCUT2D eigenvalue weighted by Gasteiger charge is 2.03. The lowest BCUT2D eigenvalue weighted by Crippen LogP contribution is -1.95. The first-order valence-corrected chi connectivity index (χ1v) is 6.32. The van der Waals surface area contributed by atoms with Crippen LogP contribution in [0.25, 0.3) is 11.1 Å². The largest absolute Gasteiger partial charge is 0.497 e. The first-order valence-electron chi connectivity index (χ1n) is 6.32. The van der Waals surface area contributed by atoms with E-state index in [4.69, 9.17) is 4.74 Å². The number of hydrogen-bond acceptors (Lipinski definition) is 3. The summed E-state index contributed by atoms with van der Waals surface area (Å²) in [6.07, 6.45) is 0.693. The number of methoxy groups -OCH3 is 1. The molecule has 102 valence electrons. The normalized spacial score (nSPS) is 10.1. The average Bonchev–Trinajstić information content (AvgIpc) is 2.53. The molecule has 2 aromatic rings. The molecule has 0 N–H and O–H groups in total. The van der Waals surface area contributed by atoms with Gasteiger partial charge in [0.1, 0.15) is 5.75 Å². The number of hydrogen-bond donors (Lipinski definition) is 0. The van der Waals surface area contributed by atoms with E-state index in [1.165, 1.54) is 0 Å². The van der Waals surface area contributed by atoms with Gasteiger partial charge < -0.3 is 4.74 Å². The Morgan fingerprint density at radius 2 is 1.55 bits per heavy atom. The maximum atomic E-state index is 10.8. The molecule has 0 heterocycles. The van der Waals surface area contributed by atoms with Crippen LogP contribution in [0.15, 0.2) is 53.7 Å². The van der Waals surface area contributed by atoms with Gasteiger partial charge in [0.25, 0.3) is 5.91 Å². The van der Waals surface area contributed by atoms with Crippen LogP contribution in [0.4, 0.5) is 0 Å². The molecule has 4 heteroatoms. The highest BCUT2D eigenvalue weighted by molar-refractivity contribution is 5.76. The molecule has 0 bridgehead atoms. The van der Waals surface area contributed by atoms with E-state index in [9.17, 15) is 9.70 Å². The lowest BCUT2D eigenvalue weighted by atomic mass is 10.0. The van der Waals surface area contributed by atoms with Crippen molar-refractivity contribution < 1.29 is 9.53 Å². The first kappa shape index (κ1) is 13.9. The maximum Gasteiger partial charge on any atom is 0.286 e. The molecule has 0 aliphatic heterocycles. The molecule has 2 aromatic carbocycles. The van der Waals surface area contributed by atoms with Gasteiger partial charge in [0.15, 0.2) is 0 Å². The summed E-state index contributed by atoms with van der Waals surface area (Å²) in [6.45, 7) is 0. The predicted octanol–water partition coefficient (Wildman–Crippen LogP) is 3.59. The van der Waals surface area contributed by atoms with E-state index < -0.39 is 5.91 Å². The Kier molecular flexibility index (Phi) is 4.60. The molecule has 20 heavy (non-hydrogen) atoms. The zero-order valence-electron chi connectivity index (χ0n) is 11.2. The minimum absolute atomic E-state index is 0.158. The Bertz CT molecular complexity index is 588. The molecular weight excluding hydrogens is 254 g/mol. The van der Waals surface area contributed by atoms with Gasteiger partial charge in [0, 0.05) is 11.6 Å². The van der Waals surface area contributed by atoms with Gasteiger partial charge in [-0.05, 0) is 35.2 Å². The van der Waals surface area contributed by atoms with Crippen molar-refractivity contribution in [1.29, 1.82) is 0 Å². The van der Waals surface area contributed by atoms with Gasteiger partial charge in [-0.15, -0.1) is 4.91 Å². The predicted molar refractivity (Wildman–Crippen MR) is 77.6 cm³/mol. The molecule has 0 aliphatic carbocycles. The Balaban J connectivity index is 2.06. The molecular formula is C16H15NO3. The van der Waals surface area contributed by atoms with Crippen LogP contribution in [0, 0.1) is 4.91 Å². The van der Waals surface area contributed by atoms with E-state index in [2.05, 4.69) is 5.18 Å².